The van der Waals surface area contributed by atoms with Crippen LogP contribution in [-0.2, 0) is 0 Å². The predicted molar refractivity (Wildman–Crippen MR) is 59.4 cm³/mol. The predicted octanol–water partition coefficient (Wildman–Crippen LogP) is 2.38. The van der Waals surface area contributed by atoms with Crippen LogP contribution in [0.1, 0.15) is 42.6 Å². The monoisotopic (exact) mass is 223 g/mol. The topological polar surface area (TPSA) is 53.7 Å². The van der Waals surface area contributed by atoms with Gasteiger partial charge in [0.15, 0.2) is 0 Å². The van der Waals surface area contributed by atoms with Gasteiger partial charge in [-0.1, -0.05) is 6.92 Å². The highest BCUT2D eigenvalue weighted by molar-refractivity contribution is 5.84. The Hall–Kier alpha value is -1.29. The number of furan rings is 1. The Kier molecular flexibility index (Phi) is 3.01. The summed E-state index contributed by atoms with van der Waals surface area (Å²) in [6, 6.07) is 3.45. The first-order valence-corrected chi connectivity index (χ1v) is 5.65. The minimum atomic E-state index is -1.01. The van der Waals surface area contributed by atoms with Crippen LogP contribution < -0.4 is 0 Å². The highest BCUT2D eigenvalue weighted by Crippen LogP contribution is 2.28. The average molecular weight is 223 g/mol. The normalized spacial score (nSPS) is 23.5. The van der Waals surface area contributed by atoms with Crippen LogP contribution in [-0.4, -0.2) is 29.1 Å². The molecule has 0 radical (unpaired) electrons. The van der Waals surface area contributed by atoms with Gasteiger partial charge in [-0.3, -0.25) is 4.90 Å². The largest absolute Gasteiger partial charge is 0.475 e. The molecule has 0 saturated carbocycles. The average Bonchev–Trinajstić information content (AvgIpc) is 2.84. The molecule has 4 heteroatoms. The van der Waals surface area contributed by atoms with Crippen LogP contribution in [0, 0.1) is 5.92 Å². The molecule has 16 heavy (non-hydrogen) atoms. The van der Waals surface area contributed by atoms with E-state index >= 15 is 0 Å². The molecule has 0 bridgehead atoms. The van der Waals surface area contributed by atoms with Crippen LogP contribution in [0.15, 0.2) is 16.5 Å². The molecule has 4 nitrogen and oxygen atoms in total. The maximum absolute atomic E-state index is 10.7. The van der Waals surface area contributed by atoms with Crippen molar-refractivity contribution in [2.75, 3.05) is 13.1 Å². The number of rotatable bonds is 3. The highest BCUT2D eigenvalue weighted by atomic mass is 16.4. The Balaban J connectivity index is 2.08. The van der Waals surface area contributed by atoms with E-state index in [4.69, 9.17) is 9.52 Å². The van der Waals surface area contributed by atoms with Crippen molar-refractivity contribution in [3.8, 4) is 0 Å². The second kappa shape index (κ2) is 4.29. The summed E-state index contributed by atoms with van der Waals surface area (Å²) in [7, 11) is 0. The van der Waals surface area contributed by atoms with Gasteiger partial charge in [-0.05, 0) is 37.9 Å². The molecule has 2 atom stereocenters. The lowest BCUT2D eigenvalue weighted by Gasteiger charge is -2.21. The van der Waals surface area contributed by atoms with Crippen molar-refractivity contribution in [1.82, 2.24) is 4.90 Å². The summed E-state index contributed by atoms with van der Waals surface area (Å²) in [6.07, 6.45) is 1.21. The molecule has 1 aromatic rings. The van der Waals surface area contributed by atoms with Gasteiger partial charge in [0, 0.05) is 6.54 Å². The molecule has 2 rings (SSSR count). The number of carboxylic acid groups (broad SMARTS) is 1. The third-order valence-corrected chi connectivity index (χ3v) is 3.25. The summed E-state index contributed by atoms with van der Waals surface area (Å²) in [6.45, 7) is 6.41. The molecule has 0 spiro atoms. The first kappa shape index (κ1) is 11.2. The van der Waals surface area contributed by atoms with Crippen molar-refractivity contribution in [2.24, 2.45) is 5.92 Å². The number of carbonyl (C=O) groups is 1. The summed E-state index contributed by atoms with van der Waals surface area (Å²) >= 11 is 0. The molecule has 0 aliphatic carbocycles. The van der Waals surface area contributed by atoms with E-state index in [0.29, 0.717) is 0 Å². The van der Waals surface area contributed by atoms with E-state index in [2.05, 4.69) is 18.7 Å². The number of hydrogen-bond donors (Lipinski definition) is 1. The van der Waals surface area contributed by atoms with Gasteiger partial charge in [0.25, 0.3) is 0 Å². The Morgan fingerprint density at radius 2 is 2.38 bits per heavy atom. The van der Waals surface area contributed by atoms with E-state index in [-0.39, 0.29) is 11.8 Å². The molecular weight excluding hydrogens is 206 g/mol. The Morgan fingerprint density at radius 1 is 1.62 bits per heavy atom. The van der Waals surface area contributed by atoms with Gasteiger partial charge >= 0.3 is 5.97 Å². The van der Waals surface area contributed by atoms with E-state index in [1.807, 2.05) is 0 Å². The highest BCUT2D eigenvalue weighted by Gasteiger charge is 2.26. The lowest BCUT2D eigenvalue weighted by atomic mass is 10.2. The molecular formula is C12H17NO3. The maximum Gasteiger partial charge on any atom is 0.371 e. The zero-order valence-electron chi connectivity index (χ0n) is 9.64. The van der Waals surface area contributed by atoms with Crippen LogP contribution in [0.3, 0.4) is 0 Å². The number of likely N-dealkylation sites (tertiary alicyclic amines) is 1. The molecule has 88 valence electrons. The zero-order valence-corrected chi connectivity index (χ0v) is 9.64. The van der Waals surface area contributed by atoms with Gasteiger partial charge in [-0.2, -0.15) is 0 Å². The lowest BCUT2D eigenvalue weighted by Crippen LogP contribution is -2.23. The molecule has 1 saturated heterocycles. The second-order valence-corrected chi connectivity index (χ2v) is 4.57. The third kappa shape index (κ3) is 2.11. The lowest BCUT2D eigenvalue weighted by molar-refractivity contribution is 0.0656. The molecule has 1 fully saturated rings. The number of hydrogen-bond acceptors (Lipinski definition) is 3. The Morgan fingerprint density at radius 3 is 2.88 bits per heavy atom. The van der Waals surface area contributed by atoms with E-state index in [1.165, 1.54) is 12.5 Å². The van der Waals surface area contributed by atoms with E-state index < -0.39 is 5.97 Å². The van der Waals surface area contributed by atoms with Crippen molar-refractivity contribution < 1.29 is 14.3 Å². The van der Waals surface area contributed by atoms with Gasteiger partial charge in [0.05, 0.1) is 6.04 Å². The Labute approximate surface area is 94.9 Å². The van der Waals surface area contributed by atoms with E-state index in [1.54, 1.807) is 6.07 Å². The summed E-state index contributed by atoms with van der Waals surface area (Å²) < 4.78 is 5.31. The van der Waals surface area contributed by atoms with Gasteiger partial charge in [-0.25, -0.2) is 4.79 Å². The Bertz CT molecular complexity index is 385. The smallest absolute Gasteiger partial charge is 0.371 e. The fourth-order valence-corrected chi connectivity index (χ4v) is 2.19. The van der Waals surface area contributed by atoms with Gasteiger partial charge in [0.1, 0.15) is 5.76 Å². The molecule has 1 N–H and O–H groups in total. The molecule has 2 unspecified atom stereocenters. The molecule has 1 aliphatic rings. The number of aromatic carboxylic acids is 1. The van der Waals surface area contributed by atoms with E-state index in [0.717, 1.165) is 24.8 Å². The number of carboxylic acids is 1. The van der Waals surface area contributed by atoms with Crippen LogP contribution in [0.2, 0.25) is 0 Å². The van der Waals surface area contributed by atoms with Gasteiger partial charge < -0.3 is 9.52 Å². The molecule has 2 heterocycles. The minimum absolute atomic E-state index is 0.0223. The fourth-order valence-electron chi connectivity index (χ4n) is 2.19. The third-order valence-electron chi connectivity index (χ3n) is 3.25. The molecule has 0 amide bonds. The van der Waals surface area contributed by atoms with Gasteiger partial charge in [-0.15, -0.1) is 0 Å². The fraction of sp³-hybridized carbons (Fsp3) is 0.583. The molecule has 0 aromatic carbocycles. The van der Waals surface area contributed by atoms with Crippen LogP contribution in [0.5, 0.6) is 0 Å². The van der Waals surface area contributed by atoms with Crippen molar-refractivity contribution in [2.45, 2.75) is 26.3 Å². The minimum Gasteiger partial charge on any atom is -0.475 e. The standard InChI is InChI=1S/C12H17NO3/c1-8-5-6-13(7-8)9(2)10-3-4-11(16-10)12(14)15/h3-4,8-9H,5-7H2,1-2H3,(H,14,15). The quantitative estimate of drug-likeness (QED) is 0.854. The molecule has 1 aromatic heterocycles. The first-order chi connectivity index (χ1) is 7.58. The van der Waals surface area contributed by atoms with Crippen molar-refractivity contribution in [1.29, 1.82) is 0 Å². The SMILES string of the molecule is CC1CCN(C(C)c2ccc(C(=O)O)o2)C1. The van der Waals surface area contributed by atoms with Crippen LogP contribution >= 0.6 is 0 Å². The van der Waals surface area contributed by atoms with Crippen molar-refractivity contribution >= 4 is 5.97 Å². The summed E-state index contributed by atoms with van der Waals surface area (Å²) in [4.78, 5) is 13.0. The van der Waals surface area contributed by atoms with Crippen molar-refractivity contribution in [3.05, 3.63) is 23.7 Å². The first-order valence-electron chi connectivity index (χ1n) is 5.65. The van der Waals surface area contributed by atoms with E-state index in [9.17, 15) is 4.79 Å². The number of nitrogens with zero attached hydrogens (tertiary/aromatic N) is 1. The summed E-state index contributed by atoms with van der Waals surface area (Å²) in [5.41, 5.74) is 0. The zero-order chi connectivity index (χ0) is 11.7. The van der Waals surface area contributed by atoms with Crippen molar-refractivity contribution in [3.63, 3.8) is 0 Å². The second-order valence-electron chi connectivity index (χ2n) is 4.57. The maximum atomic E-state index is 10.7. The van der Waals surface area contributed by atoms with Crippen LogP contribution in [0.25, 0.3) is 0 Å². The molecule has 1 aliphatic heterocycles. The summed E-state index contributed by atoms with van der Waals surface area (Å²) in [5.74, 6) is 0.477. The van der Waals surface area contributed by atoms with Crippen LogP contribution in [0.4, 0.5) is 0 Å². The van der Waals surface area contributed by atoms with Gasteiger partial charge in [0.2, 0.25) is 5.76 Å². The summed E-state index contributed by atoms with van der Waals surface area (Å²) in [5, 5.41) is 8.78.